The van der Waals surface area contributed by atoms with Crippen molar-refractivity contribution >= 4 is 17.2 Å². The first-order valence-corrected chi connectivity index (χ1v) is 10.6. The number of benzene rings is 1. The lowest BCUT2D eigenvalue weighted by atomic mass is 10.1. The highest BCUT2D eigenvalue weighted by Crippen LogP contribution is 2.32. The Labute approximate surface area is 174 Å². The van der Waals surface area contributed by atoms with Gasteiger partial charge < -0.3 is 19.4 Å². The van der Waals surface area contributed by atoms with Crippen LogP contribution >= 0.6 is 11.3 Å². The third-order valence-corrected chi connectivity index (χ3v) is 5.99. The van der Waals surface area contributed by atoms with Gasteiger partial charge in [0.25, 0.3) is 0 Å². The number of ether oxygens (including phenoxy) is 2. The number of carbonyl (C=O) groups excluding carboxylic acids is 1. The summed E-state index contributed by atoms with van der Waals surface area (Å²) in [5.41, 5.74) is 5.14. The number of thiazole rings is 1. The molecule has 1 aromatic carbocycles. The number of nitrogens with zero attached hydrogens (tertiary/aromatic N) is 2. The number of hydrogen-bond donors (Lipinski definition) is 1. The molecule has 0 bridgehead atoms. The van der Waals surface area contributed by atoms with Crippen LogP contribution in [0.25, 0.3) is 11.3 Å². The molecule has 0 saturated carbocycles. The molecule has 6 nitrogen and oxygen atoms in total. The summed E-state index contributed by atoms with van der Waals surface area (Å²) >= 11 is 1.63. The minimum Gasteiger partial charge on any atom is -0.486 e. The van der Waals surface area contributed by atoms with Crippen molar-refractivity contribution in [3.8, 4) is 22.8 Å². The van der Waals surface area contributed by atoms with Crippen molar-refractivity contribution in [2.45, 2.75) is 40.3 Å². The summed E-state index contributed by atoms with van der Waals surface area (Å²) < 4.78 is 13.2. The number of carbonyl (C=O) groups is 1. The third kappa shape index (κ3) is 4.00. The number of hydrogen-bond acceptors (Lipinski definition) is 5. The first kappa shape index (κ1) is 19.5. The molecule has 1 amide bonds. The zero-order chi connectivity index (χ0) is 20.5. The maximum atomic E-state index is 12.7. The Balaban J connectivity index is 1.46. The van der Waals surface area contributed by atoms with E-state index in [1.54, 1.807) is 11.3 Å². The largest absolute Gasteiger partial charge is 0.486 e. The summed E-state index contributed by atoms with van der Waals surface area (Å²) in [4.78, 5) is 17.3. The molecule has 29 heavy (non-hydrogen) atoms. The zero-order valence-electron chi connectivity index (χ0n) is 17.1. The molecule has 0 spiro atoms. The van der Waals surface area contributed by atoms with Crippen molar-refractivity contribution in [3.63, 3.8) is 0 Å². The second kappa shape index (κ2) is 7.91. The summed E-state index contributed by atoms with van der Waals surface area (Å²) in [6.07, 6.45) is 0. The van der Waals surface area contributed by atoms with Crippen LogP contribution in [0.4, 0.5) is 0 Å². The van der Waals surface area contributed by atoms with E-state index in [1.807, 2.05) is 50.5 Å². The van der Waals surface area contributed by atoms with Crippen molar-refractivity contribution in [1.29, 1.82) is 0 Å². The van der Waals surface area contributed by atoms with Gasteiger partial charge in [0.15, 0.2) is 11.5 Å². The number of aryl methyl sites for hydroxylation is 2. The van der Waals surface area contributed by atoms with Gasteiger partial charge >= 0.3 is 0 Å². The number of aromatic nitrogens is 2. The molecular weight excluding hydrogens is 386 g/mol. The van der Waals surface area contributed by atoms with Crippen LogP contribution in [0.2, 0.25) is 0 Å². The number of fused-ring (bicyclic) bond motifs is 1. The van der Waals surface area contributed by atoms with Crippen LogP contribution in [0.3, 0.4) is 0 Å². The predicted molar refractivity (Wildman–Crippen MR) is 114 cm³/mol. The van der Waals surface area contributed by atoms with Gasteiger partial charge in [-0.25, -0.2) is 4.98 Å². The average molecular weight is 412 g/mol. The molecular formula is C22H25N3O3S. The number of nitrogens with one attached hydrogen (secondary N) is 1. The van der Waals surface area contributed by atoms with E-state index >= 15 is 0 Å². The highest BCUT2D eigenvalue weighted by molar-refractivity contribution is 7.09. The average Bonchev–Trinajstić information content (AvgIpc) is 3.25. The third-order valence-electron chi connectivity index (χ3n) is 5.21. The fraction of sp³-hybridized carbons (Fsp3) is 0.364. The quantitative estimate of drug-likeness (QED) is 0.684. The molecule has 2 aromatic heterocycles. The molecule has 1 aliphatic heterocycles. The standard InChI is InChI=1S/C22H25N3O3S/c1-13-9-18(19-12-29-16(4)24-19)15(3)25(13)11-22(26)23-14(2)17-5-6-20-21(10-17)28-8-7-27-20/h5-6,9-10,12,14H,7-8,11H2,1-4H3,(H,23,26). The lowest BCUT2D eigenvalue weighted by molar-refractivity contribution is -0.122. The van der Waals surface area contributed by atoms with Gasteiger partial charge in [-0.05, 0) is 51.5 Å². The van der Waals surface area contributed by atoms with Gasteiger partial charge in [0.2, 0.25) is 5.91 Å². The van der Waals surface area contributed by atoms with E-state index in [1.165, 1.54) is 0 Å². The second-order valence-corrected chi connectivity index (χ2v) is 8.38. The van der Waals surface area contributed by atoms with E-state index in [-0.39, 0.29) is 18.5 Å². The van der Waals surface area contributed by atoms with Crippen LogP contribution in [0.5, 0.6) is 11.5 Å². The fourth-order valence-electron chi connectivity index (χ4n) is 3.63. The first-order chi connectivity index (χ1) is 13.9. The lowest BCUT2D eigenvalue weighted by Crippen LogP contribution is -2.30. The molecule has 1 atom stereocenters. The molecule has 1 unspecified atom stereocenters. The molecule has 3 heterocycles. The normalized spacial score (nSPS) is 13.9. The van der Waals surface area contributed by atoms with Crippen LogP contribution in [0.15, 0.2) is 29.6 Å². The predicted octanol–water partition coefficient (Wildman–Crippen LogP) is 4.19. The molecule has 1 aliphatic rings. The summed E-state index contributed by atoms with van der Waals surface area (Å²) in [7, 11) is 0. The highest BCUT2D eigenvalue weighted by Gasteiger charge is 2.18. The maximum absolute atomic E-state index is 12.7. The van der Waals surface area contributed by atoms with Gasteiger partial charge in [0, 0.05) is 22.3 Å². The maximum Gasteiger partial charge on any atom is 0.240 e. The van der Waals surface area contributed by atoms with Gasteiger partial charge in [-0.3, -0.25) is 4.79 Å². The summed E-state index contributed by atoms with van der Waals surface area (Å²) in [6, 6.07) is 7.77. The molecule has 0 radical (unpaired) electrons. The lowest BCUT2D eigenvalue weighted by Gasteiger charge is -2.21. The Kier molecular flexibility index (Phi) is 5.32. The Morgan fingerprint density at radius 2 is 1.97 bits per heavy atom. The van der Waals surface area contributed by atoms with E-state index in [2.05, 4.69) is 21.7 Å². The second-order valence-electron chi connectivity index (χ2n) is 7.32. The summed E-state index contributed by atoms with van der Waals surface area (Å²) in [6.45, 7) is 9.42. The molecule has 3 aromatic rings. The molecule has 0 saturated heterocycles. The van der Waals surface area contributed by atoms with E-state index in [9.17, 15) is 4.79 Å². The topological polar surface area (TPSA) is 65.4 Å². The van der Waals surface area contributed by atoms with Crippen LogP contribution in [0.1, 0.15) is 34.9 Å². The molecule has 152 valence electrons. The Morgan fingerprint density at radius 3 is 2.69 bits per heavy atom. The number of rotatable bonds is 5. The molecule has 7 heteroatoms. The van der Waals surface area contributed by atoms with Gasteiger partial charge in [0.1, 0.15) is 19.8 Å². The Bertz CT molecular complexity index is 1050. The number of amides is 1. The van der Waals surface area contributed by atoms with Gasteiger partial charge in [-0.2, -0.15) is 0 Å². The van der Waals surface area contributed by atoms with Crippen LogP contribution in [-0.4, -0.2) is 28.7 Å². The minimum atomic E-state index is -0.129. The molecule has 4 rings (SSSR count). The van der Waals surface area contributed by atoms with E-state index in [0.717, 1.165) is 44.7 Å². The van der Waals surface area contributed by atoms with E-state index in [4.69, 9.17) is 9.47 Å². The Hall–Kier alpha value is -2.80. The van der Waals surface area contributed by atoms with Crippen molar-refractivity contribution in [3.05, 3.63) is 51.6 Å². The van der Waals surface area contributed by atoms with Crippen molar-refractivity contribution < 1.29 is 14.3 Å². The first-order valence-electron chi connectivity index (χ1n) is 9.70. The SMILES string of the molecule is Cc1nc(-c2cc(C)n(CC(=O)NC(C)c3ccc4c(c3)OCCO4)c2C)cs1. The smallest absolute Gasteiger partial charge is 0.240 e. The highest BCUT2D eigenvalue weighted by atomic mass is 32.1. The van der Waals surface area contributed by atoms with Gasteiger partial charge in [-0.15, -0.1) is 11.3 Å². The van der Waals surface area contributed by atoms with Crippen molar-refractivity contribution in [2.24, 2.45) is 0 Å². The summed E-state index contributed by atoms with van der Waals surface area (Å²) in [5.74, 6) is 1.45. The van der Waals surface area contributed by atoms with Crippen LogP contribution < -0.4 is 14.8 Å². The van der Waals surface area contributed by atoms with Gasteiger partial charge in [0.05, 0.1) is 16.7 Å². The Morgan fingerprint density at radius 1 is 1.21 bits per heavy atom. The van der Waals surface area contributed by atoms with Crippen molar-refractivity contribution in [1.82, 2.24) is 14.9 Å². The molecule has 0 aliphatic carbocycles. The monoisotopic (exact) mass is 411 g/mol. The molecule has 0 fully saturated rings. The summed E-state index contributed by atoms with van der Waals surface area (Å²) in [5, 5.41) is 6.19. The van der Waals surface area contributed by atoms with E-state index in [0.29, 0.717) is 13.2 Å². The minimum absolute atomic E-state index is 0.0322. The van der Waals surface area contributed by atoms with Crippen LogP contribution in [-0.2, 0) is 11.3 Å². The fourth-order valence-corrected chi connectivity index (χ4v) is 4.25. The van der Waals surface area contributed by atoms with Crippen molar-refractivity contribution in [2.75, 3.05) is 13.2 Å². The van der Waals surface area contributed by atoms with E-state index < -0.39 is 0 Å². The molecule has 1 N–H and O–H groups in total. The van der Waals surface area contributed by atoms with Crippen LogP contribution in [0, 0.1) is 20.8 Å². The zero-order valence-corrected chi connectivity index (χ0v) is 17.9. The van der Waals surface area contributed by atoms with Gasteiger partial charge in [-0.1, -0.05) is 6.07 Å².